The fraction of sp³-hybridized carbons (Fsp3) is 0.714. The van der Waals surface area contributed by atoms with Gasteiger partial charge in [-0.3, -0.25) is 0 Å². The summed E-state index contributed by atoms with van der Waals surface area (Å²) >= 11 is 0. The van der Waals surface area contributed by atoms with Crippen LogP contribution in [-0.4, -0.2) is 6.54 Å². The quantitative estimate of drug-likeness (QED) is 0.844. The van der Waals surface area contributed by atoms with E-state index in [1.165, 1.54) is 28.8 Å². The summed E-state index contributed by atoms with van der Waals surface area (Å²) in [5.74, 6) is 5.25. The molecule has 0 aliphatic heterocycles. The van der Waals surface area contributed by atoms with E-state index in [2.05, 4.69) is 38.2 Å². The maximum Gasteiger partial charge on any atom is 0.0210 e. The highest BCUT2D eigenvalue weighted by atomic mass is 14.9. The number of benzene rings is 1. The van der Waals surface area contributed by atoms with Crippen molar-refractivity contribution in [1.29, 1.82) is 0 Å². The molecule has 1 N–H and O–H groups in total. The van der Waals surface area contributed by atoms with Gasteiger partial charge in [0.25, 0.3) is 0 Å². The van der Waals surface area contributed by atoms with Crippen LogP contribution in [-0.2, 0) is 6.54 Å². The fourth-order valence-electron chi connectivity index (χ4n) is 6.02. The lowest BCUT2D eigenvalue weighted by molar-refractivity contribution is -0.0355. The Morgan fingerprint density at radius 2 is 1.45 bits per heavy atom. The van der Waals surface area contributed by atoms with Gasteiger partial charge in [-0.1, -0.05) is 12.1 Å². The number of aryl methyl sites for hydroxylation is 2. The van der Waals surface area contributed by atoms with Gasteiger partial charge in [0.2, 0.25) is 0 Å². The lowest BCUT2D eigenvalue weighted by Crippen LogP contribution is -2.48. The first-order chi connectivity index (χ1) is 10.6. The van der Waals surface area contributed by atoms with Crippen molar-refractivity contribution < 1.29 is 0 Å². The van der Waals surface area contributed by atoms with Crippen molar-refractivity contribution in [2.45, 2.75) is 59.4 Å². The molecule has 4 fully saturated rings. The molecule has 0 unspecified atom stereocenters. The zero-order valence-corrected chi connectivity index (χ0v) is 14.5. The van der Waals surface area contributed by atoms with E-state index in [1.54, 1.807) is 32.1 Å². The molecule has 4 bridgehead atoms. The van der Waals surface area contributed by atoms with Gasteiger partial charge in [-0.2, -0.15) is 0 Å². The van der Waals surface area contributed by atoms with E-state index >= 15 is 0 Å². The molecule has 5 rings (SSSR count). The normalized spacial score (nSPS) is 36.0. The fourth-order valence-corrected chi connectivity index (χ4v) is 6.02. The third-order valence-electron chi connectivity index (χ3n) is 7.21. The van der Waals surface area contributed by atoms with Crippen LogP contribution in [0.1, 0.15) is 54.4 Å². The Morgan fingerprint density at radius 1 is 0.864 bits per heavy atom. The predicted molar refractivity (Wildman–Crippen MR) is 92.9 cm³/mol. The molecule has 1 aromatic rings. The molecule has 4 saturated carbocycles. The molecule has 120 valence electrons. The Bertz CT molecular complexity index is 531. The van der Waals surface area contributed by atoms with Crippen molar-refractivity contribution in [2.75, 3.05) is 6.54 Å². The Morgan fingerprint density at radius 3 is 2.09 bits per heavy atom. The van der Waals surface area contributed by atoms with E-state index in [4.69, 9.17) is 0 Å². The molecule has 4 aliphatic carbocycles. The Kier molecular flexibility index (Phi) is 3.80. The van der Waals surface area contributed by atoms with Crippen molar-refractivity contribution in [1.82, 2.24) is 5.32 Å². The highest BCUT2D eigenvalue weighted by Gasteiger charge is 2.47. The van der Waals surface area contributed by atoms with Gasteiger partial charge in [0, 0.05) is 6.54 Å². The molecule has 1 heteroatoms. The number of nitrogens with one attached hydrogen (secondary N) is 1. The standard InChI is InChI=1S/C21H31N/c1-13-4-5-14(2)20(15(13)3)11-22-12-21-18-7-16-6-17(9-18)10-19(21)8-16/h4-5,16-19,21-22H,6-12H2,1-3H3. The van der Waals surface area contributed by atoms with Crippen LogP contribution >= 0.6 is 0 Å². The summed E-state index contributed by atoms with van der Waals surface area (Å²) in [4.78, 5) is 0. The topological polar surface area (TPSA) is 12.0 Å². The summed E-state index contributed by atoms with van der Waals surface area (Å²) in [7, 11) is 0. The minimum atomic E-state index is 0.971. The van der Waals surface area contributed by atoms with Gasteiger partial charge in [0.05, 0.1) is 0 Å². The van der Waals surface area contributed by atoms with Crippen molar-refractivity contribution in [2.24, 2.45) is 29.6 Å². The van der Waals surface area contributed by atoms with E-state index in [1.807, 2.05) is 0 Å². The first-order valence-electron chi connectivity index (χ1n) is 9.38. The van der Waals surface area contributed by atoms with Gasteiger partial charge < -0.3 is 5.32 Å². The van der Waals surface area contributed by atoms with E-state index in [0.29, 0.717) is 0 Å². The third kappa shape index (κ3) is 2.52. The van der Waals surface area contributed by atoms with Gasteiger partial charge in [0.1, 0.15) is 0 Å². The number of hydrogen-bond donors (Lipinski definition) is 1. The van der Waals surface area contributed by atoms with E-state index in [9.17, 15) is 0 Å². The van der Waals surface area contributed by atoms with Gasteiger partial charge in [-0.15, -0.1) is 0 Å². The summed E-state index contributed by atoms with van der Waals surface area (Å²) in [6.45, 7) is 9.08. The zero-order valence-electron chi connectivity index (χ0n) is 14.5. The highest BCUT2D eigenvalue weighted by Crippen LogP contribution is 2.56. The minimum Gasteiger partial charge on any atom is -0.312 e. The average Bonchev–Trinajstić information content (AvgIpc) is 2.48. The SMILES string of the molecule is Cc1ccc(C)c(CNCC2C3CC4CC(C3)CC2C4)c1C. The van der Waals surface area contributed by atoms with Crippen LogP contribution in [0.4, 0.5) is 0 Å². The van der Waals surface area contributed by atoms with Crippen LogP contribution in [0.25, 0.3) is 0 Å². The second-order valence-corrected chi connectivity index (χ2v) is 8.53. The van der Waals surface area contributed by atoms with Crippen LogP contribution in [0.15, 0.2) is 12.1 Å². The average molecular weight is 297 g/mol. The second-order valence-electron chi connectivity index (χ2n) is 8.53. The second kappa shape index (κ2) is 5.67. The maximum absolute atomic E-state index is 3.84. The number of hydrogen-bond acceptors (Lipinski definition) is 1. The molecule has 0 spiro atoms. The minimum absolute atomic E-state index is 0.971. The summed E-state index contributed by atoms with van der Waals surface area (Å²) in [6, 6.07) is 4.54. The van der Waals surface area contributed by atoms with Gasteiger partial charge in [-0.25, -0.2) is 0 Å². The van der Waals surface area contributed by atoms with Crippen LogP contribution in [0.5, 0.6) is 0 Å². The van der Waals surface area contributed by atoms with Crippen LogP contribution < -0.4 is 5.32 Å². The van der Waals surface area contributed by atoms with Crippen molar-refractivity contribution >= 4 is 0 Å². The number of rotatable bonds is 4. The first kappa shape index (κ1) is 14.8. The van der Waals surface area contributed by atoms with E-state index in [-0.39, 0.29) is 0 Å². The predicted octanol–water partition coefficient (Wildman–Crippen LogP) is 4.77. The summed E-state index contributed by atoms with van der Waals surface area (Å²) in [6.07, 6.45) is 7.74. The van der Waals surface area contributed by atoms with Crippen molar-refractivity contribution in [3.63, 3.8) is 0 Å². The molecule has 0 aromatic heterocycles. The zero-order chi connectivity index (χ0) is 15.3. The molecule has 1 nitrogen and oxygen atoms in total. The van der Waals surface area contributed by atoms with E-state index < -0.39 is 0 Å². The molecule has 0 amide bonds. The third-order valence-corrected chi connectivity index (χ3v) is 7.21. The molecular weight excluding hydrogens is 266 g/mol. The summed E-state index contributed by atoms with van der Waals surface area (Å²) < 4.78 is 0. The summed E-state index contributed by atoms with van der Waals surface area (Å²) in [5, 5.41) is 3.84. The lowest BCUT2D eigenvalue weighted by Gasteiger charge is -2.54. The Hall–Kier alpha value is -0.820. The van der Waals surface area contributed by atoms with Crippen molar-refractivity contribution in [3.8, 4) is 0 Å². The molecule has 0 saturated heterocycles. The van der Waals surface area contributed by atoms with Crippen LogP contribution in [0, 0.1) is 50.4 Å². The Balaban J connectivity index is 1.39. The van der Waals surface area contributed by atoms with Gasteiger partial charge in [0.15, 0.2) is 0 Å². The molecule has 4 aliphatic rings. The molecule has 0 heterocycles. The molecule has 0 atom stereocenters. The smallest absolute Gasteiger partial charge is 0.0210 e. The van der Waals surface area contributed by atoms with Crippen molar-refractivity contribution in [3.05, 3.63) is 34.4 Å². The molecule has 0 radical (unpaired) electrons. The first-order valence-corrected chi connectivity index (χ1v) is 9.38. The Labute approximate surface area is 135 Å². The monoisotopic (exact) mass is 297 g/mol. The van der Waals surface area contributed by atoms with Gasteiger partial charge >= 0.3 is 0 Å². The van der Waals surface area contributed by atoms with Gasteiger partial charge in [-0.05, 0) is 111 Å². The lowest BCUT2D eigenvalue weighted by atomic mass is 9.52. The molecular formula is C21H31N. The van der Waals surface area contributed by atoms with Crippen LogP contribution in [0.2, 0.25) is 0 Å². The largest absolute Gasteiger partial charge is 0.312 e. The maximum atomic E-state index is 3.84. The van der Waals surface area contributed by atoms with Crippen LogP contribution in [0.3, 0.4) is 0 Å². The van der Waals surface area contributed by atoms with E-state index in [0.717, 1.165) is 36.1 Å². The highest BCUT2D eigenvalue weighted by molar-refractivity contribution is 5.38. The molecule has 1 aromatic carbocycles. The summed E-state index contributed by atoms with van der Waals surface area (Å²) in [5.41, 5.74) is 5.89. The molecule has 22 heavy (non-hydrogen) atoms.